The van der Waals surface area contributed by atoms with E-state index in [0.717, 1.165) is 5.92 Å². The van der Waals surface area contributed by atoms with Crippen LogP contribution < -0.4 is 5.73 Å². The molecule has 54 valence electrons. The maximum absolute atomic E-state index is 9.17. The van der Waals surface area contributed by atoms with E-state index in [4.69, 9.17) is 5.73 Å². The fraction of sp³-hybridized carbons (Fsp3) is 1.00. The van der Waals surface area contributed by atoms with Crippen molar-refractivity contribution < 1.29 is 5.11 Å². The summed E-state index contributed by atoms with van der Waals surface area (Å²) in [7, 11) is 0. The number of aliphatic hydroxyl groups excluding tert-OH is 1. The van der Waals surface area contributed by atoms with Crippen LogP contribution in [0, 0.1) is 11.8 Å². The lowest BCUT2D eigenvalue weighted by molar-refractivity contribution is 0.0396. The molecular formula is C7H15NO. The average Bonchev–Trinajstić information content (AvgIpc) is 1.79. The third-order valence-electron chi connectivity index (χ3n) is 2.20. The molecule has 0 bridgehead atoms. The SMILES string of the molecule is CC1CC(C(O)CN)C1. The van der Waals surface area contributed by atoms with Gasteiger partial charge in [-0.25, -0.2) is 0 Å². The Morgan fingerprint density at radius 2 is 2.22 bits per heavy atom. The Kier molecular flexibility index (Phi) is 2.09. The molecule has 1 saturated carbocycles. The van der Waals surface area contributed by atoms with Gasteiger partial charge >= 0.3 is 0 Å². The molecule has 0 spiro atoms. The zero-order valence-electron chi connectivity index (χ0n) is 5.88. The summed E-state index contributed by atoms with van der Waals surface area (Å²) >= 11 is 0. The Morgan fingerprint density at radius 3 is 2.56 bits per heavy atom. The van der Waals surface area contributed by atoms with E-state index in [1.807, 2.05) is 0 Å². The summed E-state index contributed by atoms with van der Waals surface area (Å²) in [6, 6.07) is 0. The number of aliphatic hydroxyl groups is 1. The number of hydrogen-bond donors (Lipinski definition) is 2. The molecule has 1 aliphatic carbocycles. The second-order valence-electron chi connectivity index (χ2n) is 3.14. The second kappa shape index (κ2) is 2.67. The molecule has 0 aromatic carbocycles. The molecule has 0 amide bonds. The van der Waals surface area contributed by atoms with Crippen molar-refractivity contribution in [3.8, 4) is 0 Å². The highest BCUT2D eigenvalue weighted by molar-refractivity contribution is 4.81. The van der Waals surface area contributed by atoms with Crippen LogP contribution in [0.15, 0.2) is 0 Å². The predicted molar refractivity (Wildman–Crippen MR) is 36.9 cm³/mol. The minimum atomic E-state index is -0.235. The van der Waals surface area contributed by atoms with Crippen LogP contribution in [0.25, 0.3) is 0 Å². The molecule has 0 aromatic heterocycles. The maximum Gasteiger partial charge on any atom is 0.0690 e. The van der Waals surface area contributed by atoms with Crippen molar-refractivity contribution in [3.05, 3.63) is 0 Å². The molecule has 0 aliphatic heterocycles. The predicted octanol–water partition coefficient (Wildman–Crippen LogP) is 0.352. The van der Waals surface area contributed by atoms with Crippen molar-refractivity contribution in [2.24, 2.45) is 17.6 Å². The second-order valence-corrected chi connectivity index (χ2v) is 3.14. The molecule has 0 aromatic rings. The summed E-state index contributed by atoms with van der Waals surface area (Å²) in [5.41, 5.74) is 5.28. The third kappa shape index (κ3) is 1.43. The van der Waals surface area contributed by atoms with Crippen LogP contribution >= 0.6 is 0 Å². The van der Waals surface area contributed by atoms with Crippen LogP contribution in [0.2, 0.25) is 0 Å². The molecule has 1 rings (SSSR count). The Balaban J connectivity index is 2.15. The first-order chi connectivity index (χ1) is 4.24. The molecule has 1 aliphatic rings. The van der Waals surface area contributed by atoms with Gasteiger partial charge in [0, 0.05) is 6.54 Å². The van der Waals surface area contributed by atoms with E-state index in [1.54, 1.807) is 0 Å². The van der Waals surface area contributed by atoms with E-state index in [2.05, 4.69) is 6.92 Å². The number of rotatable bonds is 2. The largest absolute Gasteiger partial charge is 0.392 e. The third-order valence-corrected chi connectivity index (χ3v) is 2.20. The van der Waals surface area contributed by atoms with E-state index < -0.39 is 0 Å². The van der Waals surface area contributed by atoms with Gasteiger partial charge in [-0.2, -0.15) is 0 Å². The summed E-state index contributed by atoms with van der Waals surface area (Å²) < 4.78 is 0. The van der Waals surface area contributed by atoms with Crippen molar-refractivity contribution in [3.63, 3.8) is 0 Å². The van der Waals surface area contributed by atoms with Crippen molar-refractivity contribution in [1.82, 2.24) is 0 Å². The van der Waals surface area contributed by atoms with E-state index in [1.165, 1.54) is 12.8 Å². The van der Waals surface area contributed by atoms with E-state index in [9.17, 15) is 5.11 Å². The first kappa shape index (κ1) is 7.03. The maximum atomic E-state index is 9.17. The summed E-state index contributed by atoms with van der Waals surface area (Å²) in [4.78, 5) is 0. The van der Waals surface area contributed by atoms with Gasteiger partial charge in [-0.1, -0.05) is 6.92 Å². The molecule has 2 nitrogen and oxygen atoms in total. The molecule has 0 saturated heterocycles. The monoisotopic (exact) mass is 129 g/mol. The average molecular weight is 129 g/mol. The number of nitrogens with two attached hydrogens (primary N) is 1. The van der Waals surface area contributed by atoms with Crippen LogP contribution in [0.3, 0.4) is 0 Å². The lowest BCUT2D eigenvalue weighted by atomic mass is 9.73. The van der Waals surface area contributed by atoms with Crippen LogP contribution in [-0.2, 0) is 0 Å². The minimum Gasteiger partial charge on any atom is -0.392 e. The Hall–Kier alpha value is -0.0800. The summed E-state index contributed by atoms with van der Waals surface area (Å²) in [6.45, 7) is 2.64. The van der Waals surface area contributed by atoms with Gasteiger partial charge in [0.15, 0.2) is 0 Å². The van der Waals surface area contributed by atoms with Crippen LogP contribution in [-0.4, -0.2) is 17.8 Å². The molecule has 0 heterocycles. The van der Waals surface area contributed by atoms with E-state index >= 15 is 0 Å². The topological polar surface area (TPSA) is 46.2 Å². The standard InChI is InChI=1S/C7H15NO/c1-5-2-6(3-5)7(9)4-8/h5-7,9H,2-4,8H2,1H3. The van der Waals surface area contributed by atoms with Crippen molar-refractivity contribution in [1.29, 1.82) is 0 Å². The fourth-order valence-corrected chi connectivity index (χ4v) is 1.47. The van der Waals surface area contributed by atoms with Gasteiger partial charge in [0.05, 0.1) is 6.10 Å². The molecule has 0 radical (unpaired) electrons. The molecule has 3 N–H and O–H groups in total. The van der Waals surface area contributed by atoms with E-state index in [-0.39, 0.29) is 6.10 Å². The zero-order valence-corrected chi connectivity index (χ0v) is 5.88. The molecule has 1 unspecified atom stereocenters. The van der Waals surface area contributed by atoms with Gasteiger partial charge in [-0.05, 0) is 24.7 Å². The fourth-order valence-electron chi connectivity index (χ4n) is 1.47. The normalized spacial score (nSPS) is 37.7. The van der Waals surface area contributed by atoms with Crippen molar-refractivity contribution >= 4 is 0 Å². The highest BCUT2D eigenvalue weighted by Gasteiger charge is 2.30. The zero-order chi connectivity index (χ0) is 6.85. The molecule has 1 fully saturated rings. The first-order valence-corrected chi connectivity index (χ1v) is 3.62. The van der Waals surface area contributed by atoms with Crippen LogP contribution in [0.1, 0.15) is 19.8 Å². The molecule has 2 heteroatoms. The van der Waals surface area contributed by atoms with Gasteiger partial charge in [0.25, 0.3) is 0 Å². The summed E-state index contributed by atoms with van der Waals surface area (Å²) in [6.07, 6.45) is 2.10. The van der Waals surface area contributed by atoms with Gasteiger partial charge < -0.3 is 10.8 Å². The first-order valence-electron chi connectivity index (χ1n) is 3.62. The molecular weight excluding hydrogens is 114 g/mol. The summed E-state index contributed by atoms with van der Waals surface area (Å²) in [5.74, 6) is 1.32. The summed E-state index contributed by atoms with van der Waals surface area (Å²) in [5, 5.41) is 9.17. The van der Waals surface area contributed by atoms with Gasteiger partial charge in [-0.3, -0.25) is 0 Å². The minimum absolute atomic E-state index is 0.235. The quantitative estimate of drug-likeness (QED) is 0.565. The smallest absolute Gasteiger partial charge is 0.0690 e. The highest BCUT2D eigenvalue weighted by atomic mass is 16.3. The van der Waals surface area contributed by atoms with Crippen molar-refractivity contribution in [2.45, 2.75) is 25.9 Å². The lowest BCUT2D eigenvalue weighted by Gasteiger charge is -2.35. The van der Waals surface area contributed by atoms with Crippen LogP contribution in [0.4, 0.5) is 0 Å². The van der Waals surface area contributed by atoms with Gasteiger partial charge in [0.2, 0.25) is 0 Å². The van der Waals surface area contributed by atoms with E-state index in [0.29, 0.717) is 12.5 Å². The highest BCUT2D eigenvalue weighted by Crippen LogP contribution is 2.34. The van der Waals surface area contributed by atoms with Gasteiger partial charge in [-0.15, -0.1) is 0 Å². The Bertz CT molecular complexity index is 88.9. The Labute approximate surface area is 56.1 Å². The lowest BCUT2D eigenvalue weighted by Crippen LogP contribution is -2.36. The Morgan fingerprint density at radius 1 is 1.67 bits per heavy atom. The van der Waals surface area contributed by atoms with Crippen molar-refractivity contribution in [2.75, 3.05) is 6.54 Å². The molecule has 1 atom stereocenters. The molecule has 9 heavy (non-hydrogen) atoms. The van der Waals surface area contributed by atoms with Crippen LogP contribution in [0.5, 0.6) is 0 Å². The van der Waals surface area contributed by atoms with Gasteiger partial charge in [0.1, 0.15) is 0 Å². The number of hydrogen-bond acceptors (Lipinski definition) is 2.